The Bertz CT molecular complexity index is 1340. The van der Waals surface area contributed by atoms with Crippen LogP contribution >= 0.6 is 0 Å². The Kier molecular flexibility index (Phi) is 9.08. The summed E-state index contributed by atoms with van der Waals surface area (Å²) in [5.41, 5.74) is 4.93. The molecule has 0 aliphatic heterocycles. The Labute approximate surface area is 212 Å². The third-order valence-electron chi connectivity index (χ3n) is 5.10. The molecule has 1 atom stereocenters. The second-order valence-electron chi connectivity index (χ2n) is 8.03. The van der Waals surface area contributed by atoms with Gasteiger partial charge in [-0.05, 0) is 16.7 Å². The van der Waals surface area contributed by atoms with Gasteiger partial charge in [0.25, 0.3) is 11.8 Å². The number of benzene rings is 2. The number of carboxylic acid groups (broad SMARTS) is 1. The topological polar surface area (TPSA) is 208 Å². The van der Waals surface area contributed by atoms with Crippen LogP contribution in [0.3, 0.4) is 0 Å². The van der Waals surface area contributed by atoms with Crippen LogP contribution in [0.15, 0.2) is 60.7 Å². The fourth-order valence-electron chi connectivity index (χ4n) is 3.25. The summed E-state index contributed by atoms with van der Waals surface area (Å²) in [5.74, 6) is -3.40. The van der Waals surface area contributed by atoms with Gasteiger partial charge in [0.05, 0.1) is 12.3 Å². The zero-order valence-electron chi connectivity index (χ0n) is 19.5. The summed E-state index contributed by atoms with van der Waals surface area (Å²) in [5, 5.41) is 33.5. The maximum absolute atomic E-state index is 12.7. The first-order valence-corrected chi connectivity index (χ1v) is 12.7. The van der Waals surface area contributed by atoms with Gasteiger partial charge in [0, 0.05) is 19.2 Å². The molecule has 3 rings (SSSR count). The molecule has 0 radical (unpaired) electrons. The molecule has 14 heteroatoms. The Hall–Kier alpha value is -4.11. The molecule has 3 aromatic rings. The van der Waals surface area contributed by atoms with Gasteiger partial charge < -0.3 is 15.5 Å². The molecular formula is C23H26N6O7S. The number of primary sulfonamides is 1. The number of carbonyl (C=O) groups excluding carboxylic acids is 2. The standard InChI is InChI=1S/C23H26N6O7S/c24-37(35,36)11-10-25-21(31)18-12-19(27-26-18)22(32)28-29(14-20(30)23(33)34)13-15-6-8-17(9-7-15)16-4-2-1-3-5-16/h1-9,12,20,30H,10-11,13-14H2,(H,25,31)(H,26,27)(H,28,32)(H,33,34)(H2,24,35,36)/t20-/m1/s1. The van der Waals surface area contributed by atoms with Crippen LogP contribution in [0.2, 0.25) is 0 Å². The molecule has 2 amide bonds. The highest BCUT2D eigenvalue weighted by Gasteiger charge is 2.22. The lowest BCUT2D eigenvalue weighted by Crippen LogP contribution is -2.47. The van der Waals surface area contributed by atoms with Crippen LogP contribution in [-0.4, -0.2) is 76.6 Å². The number of aliphatic hydroxyl groups is 1. The van der Waals surface area contributed by atoms with Crippen LogP contribution in [0.1, 0.15) is 26.5 Å². The number of rotatable bonds is 12. The van der Waals surface area contributed by atoms with E-state index in [0.29, 0.717) is 0 Å². The van der Waals surface area contributed by atoms with Crippen molar-refractivity contribution in [3.8, 4) is 11.1 Å². The molecule has 0 aliphatic carbocycles. The zero-order valence-corrected chi connectivity index (χ0v) is 20.3. The van der Waals surface area contributed by atoms with Gasteiger partial charge in [0.2, 0.25) is 10.0 Å². The molecule has 0 unspecified atom stereocenters. The number of aliphatic hydroxyl groups excluding tert-OH is 1. The van der Waals surface area contributed by atoms with E-state index in [1.807, 2.05) is 54.6 Å². The quantitative estimate of drug-likeness (QED) is 0.169. The lowest BCUT2D eigenvalue weighted by atomic mass is 10.0. The highest BCUT2D eigenvalue weighted by Crippen LogP contribution is 2.19. The Morgan fingerprint density at radius 2 is 1.68 bits per heavy atom. The van der Waals surface area contributed by atoms with Crippen molar-refractivity contribution < 1.29 is 33.0 Å². The van der Waals surface area contributed by atoms with Crippen LogP contribution in [0, 0.1) is 0 Å². The van der Waals surface area contributed by atoms with Gasteiger partial charge in [-0.2, -0.15) is 5.10 Å². The van der Waals surface area contributed by atoms with Gasteiger partial charge in [0.1, 0.15) is 5.69 Å². The monoisotopic (exact) mass is 530 g/mol. The van der Waals surface area contributed by atoms with Crippen molar-refractivity contribution in [2.75, 3.05) is 18.8 Å². The molecule has 0 saturated heterocycles. The van der Waals surface area contributed by atoms with Gasteiger partial charge >= 0.3 is 5.97 Å². The van der Waals surface area contributed by atoms with Crippen LogP contribution in [0.5, 0.6) is 0 Å². The molecular weight excluding hydrogens is 504 g/mol. The van der Waals surface area contributed by atoms with E-state index in [1.54, 1.807) is 0 Å². The Balaban J connectivity index is 1.67. The molecule has 0 bridgehead atoms. The molecule has 37 heavy (non-hydrogen) atoms. The summed E-state index contributed by atoms with van der Waals surface area (Å²) in [6, 6.07) is 18.2. The number of aromatic nitrogens is 2. The first-order chi connectivity index (χ1) is 17.5. The fraction of sp³-hybridized carbons (Fsp3) is 0.217. The predicted octanol–water partition coefficient (Wildman–Crippen LogP) is -0.312. The number of hydrogen-bond acceptors (Lipinski definition) is 8. The molecule has 0 fully saturated rings. The molecule has 2 aromatic carbocycles. The summed E-state index contributed by atoms with van der Waals surface area (Å²) in [4.78, 5) is 36.0. The fourth-order valence-corrected chi connectivity index (χ4v) is 3.63. The van der Waals surface area contributed by atoms with Crippen LogP contribution in [0.4, 0.5) is 0 Å². The lowest BCUT2D eigenvalue weighted by molar-refractivity contribution is -0.148. The number of carbonyl (C=O) groups is 3. The Morgan fingerprint density at radius 3 is 2.30 bits per heavy atom. The highest BCUT2D eigenvalue weighted by atomic mass is 32.2. The molecule has 0 aliphatic rings. The predicted molar refractivity (Wildman–Crippen MR) is 132 cm³/mol. The van der Waals surface area contributed by atoms with Gasteiger partial charge in [-0.25, -0.2) is 23.4 Å². The van der Waals surface area contributed by atoms with Gasteiger partial charge in [-0.1, -0.05) is 54.6 Å². The largest absolute Gasteiger partial charge is 0.479 e. The third-order valence-corrected chi connectivity index (χ3v) is 5.87. The van der Waals surface area contributed by atoms with E-state index in [4.69, 9.17) is 10.2 Å². The molecule has 0 spiro atoms. The number of carboxylic acids is 1. The normalized spacial score (nSPS) is 12.2. The SMILES string of the molecule is NS(=O)(=O)CCNC(=O)c1cc(C(=O)NN(Cc2ccc(-c3ccccc3)cc2)C[C@@H](O)C(=O)O)[nH]n1. The summed E-state index contributed by atoms with van der Waals surface area (Å²) in [7, 11) is -3.76. The van der Waals surface area contributed by atoms with E-state index in [2.05, 4.69) is 20.9 Å². The molecule has 13 nitrogen and oxygen atoms in total. The first-order valence-electron chi connectivity index (χ1n) is 11.0. The van der Waals surface area contributed by atoms with Crippen molar-refractivity contribution in [1.82, 2.24) is 25.9 Å². The van der Waals surface area contributed by atoms with Gasteiger partial charge in [-0.15, -0.1) is 0 Å². The van der Waals surface area contributed by atoms with Gasteiger partial charge in [-0.3, -0.25) is 20.1 Å². The van der Waals surface area contributed by atoms with Crippen molar-refractivity contribution >= 4 is 27.8 Å². The number of H-pyrrole nitrogens is 1. The Morgan fingerprint density at radius 1 is 1.03 bits per heavy atom. The van der Waals surface area contributed by atoms with E-state index in [-0.39, 0.29) is 24.5 Å². The van der Waals surface area contributed by atoms with Crippen molar-refractivity contribution in [1.29, 1.82) is 0 Å². The molecule has 7 N–H and O–H groups in total. The van der Waals surface area contributed by atoms with Crippen LogP contribution < -0.4 is 15.9 Å². The number of nitrogens with two attached hydrogens (primary N) is 1. The summed E-state index contributed by atoms with van der Waals surface area (Å²) in [6.07, 6.45) is -1.77. The van der Waals surface area contributed by atoms with Gasteiger partial charge in [0.15, 0.2) is 11.8 Å². The second kappa shape index (κ2) is 12.2. The lowest BCUT2D eigenvalue weighted by Gasteiger charge is -2.24. The number of aromatic amines is 1. The van der Waals surface area contributed by atoms with E-state index in [0.717, 1.165) is 22.8 Å². The summed E-state index contributed by atoms with van der Waals surface area (Å²) in [6.45, 7) is -0.591. The maximum atomic E-state index is 12.7. The van der Waals surface area contributed by atoms with E-state index >= 15 is 0 Å². The van der Waals surface area contributed by atoms with Crippen LogP contribution in [0.25, 0.3) is 11.1 Å². The number of hydrogen-bond donors (Lipinski definition) is 6. The smallest absolute Gasteiger partial charge is 0.333 e. The molecule has 1 aromatic heterocycles. The number of sulfonamides is 1. The van der Waals surface area contributed by atoms with Crippen molar-refractivity contribution in [2.45, 2.75) is 12.6 Å². The van der Waals surface area contributed by atoms with Crippen molar-refractivity contribution in [3.05, 3.63) is 77.6 Å². The number of amides is 2. The van der Waals surface area contributed by atoms with Crippen molar-refractivity contribution in [2.24, 2.45) is 5.14 Å². The van der Waals surface area contributed by atoms with Crippen LogP contribution in [-0.2, 0) is 21.4 Å². The minimum atomic E-state index is -3.76. The number of nitrogens with one attached hydrogen (secondary N) is 3. The maximum Gasteiger partial charge on any atom is 0.333 e. The summed E-state index contributed by atoms with van der Waals surface area (Å²) >= 11 is 0. The third kappa shape index (κ3) is 8.50. The molecule has 0 saturated carbocycles. The second-order valence-corrected chi connectivity index (χ2v) is 9.76. The first kappa shape index (κ1) is 27.5. The average Bonchev–Trinajstić information content (AvgIpc) is 3.35. The minimum Gasteiger partial charge on any atom is -0.479 e. The molecule has 1 heterocycles. The number of aliphatic carboxylic acids is 1. The minimum absolute atomic E-state index is 0.0696. The van der Waals surface area contributed by atoms with Crippen molar-refractivity contribution in [3.63, 3.8) is 0 Å². The highest BCUT2D eigenvalue weighted by molar-refractivity contribution is 7.89. The molecule has 196 valence electrons. The van der Waals surface area contributed by atoms with E-state index < -0.39 is 46.2 Å². The average molecular weight is 531 g/mol. The zero-order chi connectivity index (χ0) is 27.0. The van der Waals surface area contributed by atoms with E-state index in [9.17, 15) is 27.9 Å². The summed E-state index contributed by atoms with van der Waals surface area (Å²) < 4.78 is 21.9. The number of nitrogens with zero attached hydrogens (tertiary/aromatic N) is 2. The van der Waals surface area contributed by atoms with E-state index in [1.165, 1.54) is 5.01 Å². The number of hydrazine groups is 1.